The van der Waals surface area contributed by atoms with Crippen molar-refractivity contribution in [3.05, 3.63) is 11.6 Å². The van der Waals surface area contributed by atoms with Crippen LogP contribution < -0.4 is 10.0 Å². The number of sulfonamides is 1. The minimum Gasteiger partial charge on any atom is -0.313 e. The fourth-order valence-corrected chi connectivity index (χ4v) is 2.64. The Morgan fingerprint density at radius 3 is 2.67 bits per heavy atom. The Balaban J connectivity index is 2.29. The number of nitrogens with one attached hydrogen (secondary N) is 2. The van der Waals surface area contributed by atoms with Crippen LogP contribution in [0.2, 0.25) is 0 Å². The summed E-state index contributed by atoms with van der Waals surface area (Å²) in [4.78, 5) is 0. The molecule has 0 fully saturated rings. The van der Waals surface area contributed by atoms with Crippen molar-refractivity contribution in [3.8, 4) is 0 Å². The maximum Gasteiger partial charge on any atom is 0.389 e. The van der Waals surface area contributed by atoms with Gasteiger partial charge in [-0.25, -0.2) is 13.1 Å². The first-order valence-electron chi connectivity index (χ1n) is 5.71. The predicted octanol–water partition coefficient (Wildman–Crippen LogP) is 1.17. The van der Waals surface area contributed by atoms with Gasteiger partial charge in [-0.2, -0.15) is 13.2 Å². The molecule has 0 aliphatic carbocycles. The molecule has 1 aliphatic heterocycles. The van der Waals surface area contributed by atoms with Crippen molar-refractivity contribution in [1.29, 1.82) is 0 Å². The third-order valence-electron chi connectivity index (χ3n) is 2.55. The van der Waals surface area contributed by atoms with Gasteiger partial charge in [0.1, 0.15) is 0 Å². The van der Waals surface area contributed by atoms with Crippen molar-refractivity contribution in [2.75, 3.05) is 25.4 Å². The Hall–Kier alpha value is -0.600. The topological polar surface area (TPSA) is 58.2 Å². The second kappa shape index (κ2) is 6.53. The van der Waals surface area contributed by atoms with E-state index in [1.54, 1.807) is 0 Å². The van der Waals surface area contributed by atoms with Crippen LogP contribution in [0.1, 0.15) is 19.3 Å². The minimum atomic E-state index is -4.30. The van der Waals surface area contributed by atoms with Crippen molar-refractivity contribution in [2.24, 2.45) is 0 Å². The van der Waals surface area contributed by atoms with E-state index in [1.807, 2.05) is 6.08 Å². The first kappa shape index (κ1) is 15.5. The summed E-state index contributed by atoms with van der Waals surface area (Å²) in [6.07, 6.45) is -3.13. The molecule has 0 amide bonds. The molecule has 1 rings (SSSR count). The second-order valence-corrected chi connectivity index (χ2v) is 6.10. The fraction of sp³-hybridized carbons (Fsp3) is 0.800. The molecule has 2 N–H and O–H groups in total. The maximum absolute atomic E-state index is 11.9. The highest BCUT2D eigenvalue weighted by molar-refractivity contribution is 7.89. The minimum absolute atomic E-state index is 0.191. The van der Waals surface area contributed by atoms with Crippen LogP contribution in [-0.4, -0.2) is 40.0 Å². The van der Waals surface area contributed by atoms with Crippen molar-refractivity contribution in [3.63, 3.8) is 0 Å². The smallest absolute Gasteiger partial charge is 0.313 e. The molecule has 0 saturated heterocycles. The molecule has 0 aromatic heterocycles. The normalized spacial score (nSPS) is 17.6. The van der Waals surface area contributed by atoms with Gasteiger partial charge in [0.15, 0.2) is 0 Å². The molecule has 0 radical (unpaired) electrons. The van der Waals surface area contributed by atoms with Gasteiger partial charge in [0.2, 0.25) is 10.0 Å². The van der Waals surface area contributed by atoms with Gasteiger partial charge in [-0.15, -0.1) is 0 Å². The Labute approximate surface area is 105 Å². The quantitative estimate of drug-likeness (QED) is 0.721. The van der Waals surface area contributed by atoms with E-state index >= 15 is 0 Å². The molecule has 0 bridgehead atoms. The lowest BCUT2D eigenvalue weighted by Gasteiger charge is -2.14. The first-order valence-corrected chi connectivity index (χ1v) is 7.36. The van der Waals surface area contributed by atoms with Gasteiger partial charge < -0.3 is 5.32 Å². The van der Waals surface area contributed by atoms with Crippen molar-refractivity contribution in [2.45, 2.75) is 25.4 Å². The van der Waals surface area contributed by atoms with E-state index in [9.17, 15) is 21.6 Å². The maximum atomic E-state index is 11.9. The highest BCUT2D eigenvalue weighted by Gasteiger charge is 2.27. The number of halogens is 3. The van der Waals surface area contributed by atoms with Gasteiger partial charge in [-0.1, -0.05) is 11.6 Å². The molecule has 0 saturated carbocycles. The van der Waals surface area contributed by atoms with Crippen LogP contribution >= 0.6 is 0 Å². The molecule has 18 heavy (non-hydrogen) atoms. The van der Waals surface area contributed by atoms with Crippen LogP contribution in [0.4, 0.5) is 13.2 Å². The third kappa shape index (κ3) is 6.97. The summed E-state index contributed by atoms with van der Waals surface area (Å²) in [5.74, 6) is -0.488. The number of alkyl halides is 3. The molecule has 0 aromatic carbocycles. The molecule has 4 nitrogen and oxygen atoms in total. The van der Waals surface area contributed by atoms with E-state index in [2.05, 4.69) is 10.0 Å². The number of hydrogen-bond acceptors (Lipinski definition) is 3. The van der Waals surface area contributed by atoms with Gasteiger partial charge in [0.25, 0.3) is 0 Å². The summed E-state index contributed by atoms with van der Waals surface area (Å²) in [5, 5.41) is 3.08. The van der Waals surface area contributed by atoms with Gasteiger partial charge >= 0.3 is 6.18 Å². The first-order chi connectivity index (χ1) is 8.29. The zero-order chi connectivity index (χ0) is 13.6. The summed E-state index contributed by atoms with van der Waals surface area (Å²) < 4.78 is 60.8. The largest absolute Gasteiger partial charge is 0.389 e. The van der Waals surface area contributed by atoms with Gasteiger partial charge in [0, 0.05) is 19.5 Å². The molecule has 8 heteroatoms. The summed E-state index contributed by atoms with van der Waals surface area (Å²) in [6, 6.07) is 0. The number of rotatable bonds is 6. The van der Waals surface area contributed by atoms with E-state index in [4.69, 9.17) is 0 Å². The van der Waals surface area contributed by atoms with E-state index in [0.717, 1.165) is 18.5 Å². The van der Waals surface area contributed by atoms with E-state index in [0.29, 0.717) is 6.54 Å². The molecule has 106 valence electrons. The Kier molecular flexibility index (Phi) is 5.61. The molecule has 0 unspecified atom stereocenters. The average molecular weight is 286 g/mol. The van der Waals surface area contributed by atoms with Crippen LogP contribution in [0.25, 0.3) is 0 Å². The van der Waals surface area contributed by atoms with E-state index < -0.39 is 34.8 Å². The molecular formula is C10H17F3N2O2S. The second-order valence-electron chi connectivity index (χ2n) is 4.18. The van der Waals surface area contributed by atoms with Crippen LogP contribution in [-0.2, 0) is 10.0 Å². The highest BCUT2D eigenvalue weighted by atomic mass is 32.2. The lowest BCUT2D eigenvalue weighted by molar-refractivity contribution is -0.134. The summed E-state index contributed by atoms with van der Waals surface area (Å²) in [7, 11) is -3.61. The van der Waals surface area contributed by atoms with Gasteiger partial charge in [0.05, 0.1) is 5.75 Å². The molecule has 1 heterocycles. The zero-order valence-corrected chi connectivity index (χ0v) is 10.7. The van der Waals surface area contributed by atoms with Crippen LogP contribution in [0, 0.1) is 0 Å². The SMILES string of the molecule is O=S(=O)(CCCC(F)(F)F)NCC1=CCNCC1. The monoisotopic (exact) mass is 286 g/mol. The summed E-state index contributed by atoms with van der Waals surface area (Å²) >= 11 is 0. The fourth-order valence-electron chi connectivity index (χ4n) is 1.57. The molecule has 0 atom stereocenters. The molecule has 0 aromatic rings. The molecular weight excluding hydrogens is 269 g/mol. The third-order valence-corrected chi connectivity index (χ3v) is 3.96. The van der Waals surface area contributed by atoms with Crippen LogP contribution in [0.5, 0.6) is 0 Å². The lowest BCUT2D eigenvalue weighted by atomic mass is 10.1. The standard InChI is InChI=1S/C10H17F3N2O2S/c11-10(12,13)4-1-7-18(16,17)15-8-9-2-5-14-6-3-9/h2,14-15H,1,3-8H2. The Morgan fingerprint density at radius 1 is 1.39 bits per heavy atom. The molecule has 1 aliphatic rings. The predicted molar refractivity (Wildman–Crippen MR) is 62.6 cm³/mol. The highest BCUT2D eigenvalue weighted by Crippen LogP contribution is 2.21. The Morgan fingerprint density at radius 2 is 2.11 bits per heavy atom. The van der Waals surface area contributed by atoms with Crippen LogP contribution in [0.15, 0.2) is 11.6 Å². The van der Waals surface area contributed by atoms with Crippen molar-refractivity contribution >= 4 is 10.0 Å². The van der Waals surface area contributed by atoms with Gasteiger partial charge in [-0.05, 0) is 19.4 Å². The zero-order valence-electron chi connectivity index (χ0n) is 9.89. The Bertz CT molecular complexity index is 390. The van der Waals surface area contributed by atoms with Crippen molar-refractivity contribution < 1.29 is 21.6 Å². The van der Waals surface area contributed by atoms with E-state index in [1.165, 1.54) is 0 Å². The van der Waals surface area contributed by atoms with Gasteiger partial charge in [-0.3, -0.25) is 0 Å². The van der Waals surface area contributed by atoms with E-state index in [-0.39, 0.29) is 6.54 Å². The number of hydrogen-bond donors (Lipinski definition) is 2. The lowest BCUT2D eigenvalue weighted by Crippen LogP contribution is -2.31. The summed E-state index contributed by atoms with van der Waals surface area (Å²) in [5.41, 5.74) is 0.966. The molecule has 0 spiro atoms. The summed E-state index contributed by atoms with van der Waals surface area (Å²) in [6.45, 7) is 1.68. The van der Waals surface area contributed by atoms with Crippen molar-refractivity contribution in [1.82, 2.24) is 10.0 Å². The average Bonchev–Trinajstić information content (AvgIpc) is 2.26. The van der Waals surface area contributed by atoms with Crippen LogP contribution in [0.3, 0.4) is 0 Å².